The molecule has 0 fully saturated rings. The molecule has 4 nitrogen and oxygen atoms in total. The summed E-state index contributed by atoms with van der Waals surface area (Å²) in [6.07, 6.45) is 2.45. The smallest absolute Gasteiger partial charge is 0.126 e. The molecule has 0 radical (unpaired) electrons. The molecular formula is C14H18FN3O. The number of hydrogen-bond donors (Lipinski definition) is 1. The van der Waals surface area contributed by atoms with Gasteiger partial charge in [-0.1, -0.05) is 6.07 Å². The lowest BCUT2D eigenvalue weighted by molar-refractivity contribution is 0.312. The number of benzene rings is 1. The number of halogens is 1. The minimum atomic E-state index is -0.320. The van der Waals surface area contributed by atoms with Crippen molar-refractivity contribution < 1.29 is 9.13 Å². The Balaban J connectivity index is 2.03. The number of aromatic nitrogens is 2. The van der Waals surface area contributed by atoms with Gasteiger partial charge in [0.15, 0.2) is 0 Å². The minimum Gasteiger partial charge on any atom is -0.493 e. The molecule has 19 heavy (non-hydrogen) atoms. The Morgan fingerprint density at radius 1 is 1.42 bits per heavy atom. The average molecular weight is 263 g/mol. The van der Waals surface area contributed by atoms with Crippen molar-refractivity contribution in [2.75, 3.05) is 6.61 Å². The van der Waals surface area contributed by atoms with Gasteiger partial charge in [0.05, 0.1) is 6.61 Å². The molecule has 1 aromatic heterocycles. The zero-order valence-electron chi connectivity index (χ0n) is 11.1. The van der Waals surface area contributed by atoms with Crippen molar-refractivity contribution in [2.24, 2.45) is 12.8 Å². The topological polar surface area (TPSA) is 53.1 Å². The van der Waals surface area contributed by atoms with E-state index < -0.39 is 0 Å². The van der Waals surface area contributed by atoms with Crippen LogP contribution in [0.1, 0.15) is 24.2 Å². The zero-order valence-corrected chi connectivity index (χ0v) is 11.1. The lowest BCUT2D eigenvalue weighted by Crippen LogP contribution is -2.11. The summed E-state index contributed by atoms with van der Waals surface area (Å²) in [7, 11) is 1.88. The van der Waals surface area contributed by atoms with Gasteiger partial charge < -0.3 is 10.5 Å². The number of aryl methyl sites for hydroxylation is 1. The first-order chi connectivity index (χ1) is 9.08. The molecule has 102 valence electrons. The molecule has 1 heterocycles. The van der Waals surface area contributed by atoms with E-state index >= 15 is 0 Å². The molecule has 2 rings (SSSR count). The lowest BCUT2D eigenvalue weighted by Gasteiger charge is -2.14. The highest BCUT2D eigenvalue weighted by molar-refractivity contribution is 5.36. The minimum absolute atomic E-state index is 0.188. The Hall–Kier alpha value is -1.88. The molecule has 0 unspecified atom stereocenters. The Kier molecular flexibility index (Phi) is 4.16. The first-order valence-corrected chi connectivity index (χ1v) is 6.22. The van der Waals surface area contributed by atoms with Gasteiger partial charge in [-0.15, -0.1) is 0 Å². The fourth-order valence-corrected chi connectivity index (χ4v) is 1.92. The van der Waals surface area contributed by atoms with Crippen molar-refractivity contribution in [1.29, 1.82) is 0 Å². The molecule has 0 bridgehead atoms. The van der Waals surface area contributed by atoms with Crippen molar-refractivity contribution >= 4 is 0 Å². The van der Waals surface area contributed by atoms with Gasteiger partial charge in [0, 0.05) is 43.0 Å². The fourth-order valence-electron chi connectivity index (χ4n) is 1.92. The van der Waals surface area contributed by atoms with Crippen molar-refractivity contribution in [3.8, 4) is 5.75 Å². The van der Waals surface area contributed by atoms with E-state index in [4.69, 9.17) is 10.5 Å². The van der Waals surface area contributed by atoms with Gasteiger partial charge in [0.25, 0.3) is 0 Å². The third-order valence-electron chi connectivity index (χ3n) is 3.00. The Labute approximate surface area is 112 Å². The molecule has 0 amide bonds. The van der Waals surface area contributed by atoms with Crippen LogP contribution in [0, 0.1) is 5.82 Å². The van der Waals surface area contributed by atoms with Crippen LogP contribution in [-0.2, 0) is 13.5 Å². The van der Waals surface area contributed by atoms with Crippen molar-refractivity contribution in [3.05, 3.63) is 47.5 Å². The van der Waals surface area contributed by atoms with Crippen LogP contribution in [0.25, 0.3) is 0 Å². The van der Waals surface area contributed by atoms with E-state index in [0.717, 1.165) is 11.3 Å². The highest BCUT2D eigenvalue weighted by atomic mass is 19.1. The molecule has 0 aliphatic heterocycles. The van der Waals surface area contributed by atoms with Gasteiger partial charge in [-0.2, -0.15) is 5.10 Å². The van der Waals surface area contributed by atoms with E-state index in [2.05, 4.69) is 5.10 Å². The maximum absolute atomic E-state index is 13.2. The molecule has 1 aromatic carbocycles. The maximum atomic E-state index is 13.2. The average Bonchev–Trinajstić information content (AvgIpc) is 2.75. The number of rotatable bonds is 5. The van der Waals surface area contributed by atoms with Gasteiger partial charge in [0.2, 0.25) is 0 Å². The quantitative estimate of drug-likeness (QED) is 0.899. The molecule has 0 aliphatic rings. The molecule has 2 aromatic rings. The van der Waals surface area contributed by atoms with E-state index in [1.165, 1.54) is 12.1 Å². The van der Waals surface area contributed by atoms with Gasteiger partial charge in [-0.3, -0.25) is 4.68 Å². The summed E-state index contributed by atoms with van der Waals surface area (Å²) in [5.41, 5.74) is 7.72. The van der Waals surface area contributed by atoms with Crippen LogP contribution < -0.4 is 10.5 Å². The van der Waals surface area contributed by atoms with Crippen LogP contribution in [0.3, 0.4) is 0 Å². The summed E-state index contributed by atoms with van der Waals surface area (Å²) >= 11 is 0. The molecule has 1 atom stereocenters. The number of nitrogens with zero attached hydrogens (tertiary/aromatic N) is 2. The molecule has 0 saturated heterocycles. The highest BCUT2D eigenvalue weighted by Gasteiger charge is 2.09. The van der Waals surface area contributed by atoms with Gasteiger partial charge in [-0.05, 0) is 19.1 Å². The molecular weight excluding hydrogens is 245 g/mol. The lowest BCUT2D eigenvalue weighted by atomic mass is 10.1. The first kappa shape index (κ1) is 13.5. The molecule has 0 saturated carbocycles. The molecule has 0 aliphatic carbocycles. The predicted molar refractivity (Wildman–Crippen MR) is 71.4 cm³/mol. The Morgan fingerprint density at radius 3 is 2.84 bits per heavy atom. The summed E-state index contributed by atoms with van der Waals surface area (Å²) in [6.45, 7) is 2.31. The van der Waals surface area contributed by atoms with Gasteiger partial charge >= 0.3 is 0 Å². The Morgan fingerprint density at radius 2 is 2.21 bits per heavy atom. The van der Waals surface area contributed by atoms with Crippen LogP contribution >= 0.6 is 0 Å². The van der Waals surface area contributed by atoms with Gasteiger partial charge in [-0.25, -0.2) is 4.39 Å². The van der Waals surface area contributed by atoms with Crippen LogP contribution in [0.5, 0.6) is 5.75 Å². The Bertz CT molecular complexity index is 551. The SMILES string of the molecule is C[C@@H](N)c1ccc(F)cc1OCCc1ccnn1C. The monoisotopic (exact) mass is 263 g/mol. The second-order valence-electron chi connectivity index (χ2n) is 4.52. The van der Waals surface area contributed by atoms with Crippen molar-refractivity contribution in [1.82, 2.24) is 9.78 Å². The largest absolute Gasteiger partial charge is 0.493 e. The summed E-state index contributed by atoms with van der Waals surface area (Å²) < 4.78 is 20.7. The van der Waals surface area contributed by atoms with Crippen molar-refractivity contribution in [2.45, 2.75) is 19.4 Å². The van der Waals surface area contributed by atoms with E-state index in [1.54, 1.807) is 16.9 Å². The maximum Gasteiger partial charge on any atom is 0.126 e. The predicted octanol–water partition coefficient (Wildman–Crippen LogP) is 2.20. The van der Waals surface area contributed by atoms with Crippen molar-refractivity contribution in [3.63, 3.8) is 0 Å². The summed E-state index contributed by atoms with van der Waals surface area (Å²) in [6, 6.07) is 6.18. The molecule has 5 heteroatoms. The van der Waals surface area contributed by atoms with E-state index in [-0.39, 0.29) is 11.9 Å². The van der Waals surface area contributed by atoms with Crippen LogP contribution in [0.15, 0.2) is 30.5 Å². The summed E-state index contributed by atoms with van der Waals surface area (Å²) in [4.78, 5) is 0. The third-order valence-corrected chi connectivity index (χ3v) is 3.00. The molecule has 2 N–H and O–H groups in total. The van der Waals surface area contributed by atoms with Gasteiger partial charge in [0.1, 0.15) is 11.6 Å². The number of ether oxygens (including phenoxy) is 1. The number of nitrogens with two attached hydrogens (primary N) is 1. The van der Waals surface area contributed by atoms with Crippen LogP contribution in [-0.4, -0.2) is 16.4 Å². The van der Waals surface area contributed by atoms with Crippen LogP contribution in [0.2, 0.25) is 0 Å². The van der Waals surface area contributed by atoms with Crippen LogP contribution in [0.4, 0.5) is 4.39 Å². The number of hydrogen-bond acceptors (Lipinski definition) is 3. The molecule has 0 spiro atoms. The second kappa shape index (κ2) is 5.84. The summed E-state index contributed by atoms with van der Waals surface area (Å²) in [5.74, 6) is 0.192. The first-order valence-electron chi connectivity index (χ1n) is 6.22. The fraction of sp³-hybridized carbons (Fsp3) is 0.357. The van der Waals surface area contributed by atoms with E-state index in [1.807, 2.05) is 20.0 Å². The van der Waals surface area contributed by atoms with E-state index in [9.17, 15) is 4.39 Å². The highest BCUT2D eigenvalue weighted by Crippen LogP contribution is 2.24. The normalized spacial score (nSPS) is 12.4. The second-order valence-corrected chi connectivity index (χ2v) is 4.52. The zero-order chi connectivity index (χ0) is 13.8. The van der Waals surface area contributed by atoms with E-state index in [0.29, 0.717) is 18.8 Å². The standard InChI is InChI=1S/C14H18FN3O/c1-10(16)13-4-3-11(15)9-14(13)19-8-6-12-5-7-17-18(12)2/h3-5,7,9-10H,6,8,16H2,1-2H3/t10-/m1/s1. The third kappa shape index (κ3) is 3.32. The summed E-state index contributed by atoms with van der Waals surface area (Å²) in [5, 5.41) is 4.08.